The van der Waals surface area contributed by atoms with Crippen molar-refractivity contribution in [3.05, 3.63) is 65.0 Å². The van der Waals surface area contributed by atoms with Crippen LogP contribution in [0.15, 0.2) is 47.4 Å². The van der Waals surface area contributed by atoms with E-state index in [0.29, 0.717) is 16.9 Å². The summed E-state index contributed by atoms with van der Waals surface area (Å²) in [5.74, 6) is -0.0526. The number of rotatable bonds is 4. The molecule has 0 amide bonds. The minimum Gasteiger partial charge on any atom is -0.293 e. The van der Waals surface area contributed by atoms with Gasteiger partial charge in [0.2, 0.25) is 0 Å². The van der Waals surface area contributed by atoms with Crippen LogP contribution in [0, 0.1) is 19.7 Å². The fourth-order valence-corrected chi connectivity index (χ4v) is 2.61. The van der Waals surface area contributed by atoms with Crippen LogP contribution in [0.5, 0.6) is 0 Å². The van der Waals surface area contributed by atoms with Gasteiger partial charge in [-0.2, -0.15) is 0 Å². The van der Waals surface area contributed by atoms with Gasteiger partial charge in [0, 0.05) is 10.5 Å². The van der Waals surface area contributed by atoms with Gasteiger partial charge >= 0.3 is 0 Å². The van der Waals surface area contributed by atoms with E-state index in [1.807, 2.05) is 31.2 Å². The minimum absolute atomic E-state index is 0.0505. The summed E-state index contributed by atoms with van der Waals surface area (Å²) in [4.78, 5) is 13.0. The largest absolute Gasteiger partial charge is 0.293 e. The second-order valence-electron chi connectivity index (χ2n) is 4.49. The van der Waals surface area contributed by atoms with E-state index in [0.717, 1.165) is 4.90 Å². The number of hydrogen-bond acceptors (Lipinski definition) is 2. The lowest BCUT2D eigenvalue weighted by atomic mass is 10.1. The van der Waals surface area contributed by atoms with Gasteiger partial charge in [-0.15, -0.1) is 11.8 Å². The van der Waals surface area contributed by atoms with E-state index < -0.39 is 0 Å². The summed E-state index contributed by atoms with van der Waals surface area (Å²) in [5, 5.41) is 0. The fourth-order valence-electron chi connectivity index (χ4n) is 1.70. The summed E-state index contributed by atoms with van der Waals surface area (Å²) in [6.45, 7) is 3.70. The summed E-state index contributed by atoms with van der Waals surface area (Å²) < 4.78 is 13.4. The first-order chi connectivity index (χ1) is 9.06. The van der Waals surface area contributed by atoms with Crippen LogP contribution >= 0.6 is 11.8 Å². The molecular formula is C16H15FOS. The van der Waals surface area contributed by atoms with Gasteiger partial charge in [0.1, 0.15) is 5.82 Å². The van der Waals surface area contributed by atoms with Crippen LogP contribution in [0.1, 0.15) is 21.5 Å². The first-order valence-electron chi connectivity index (χ1n) is 6.05. The molecule has 0 N–H and O–H groups in total. The zero-order valence-corrected chi connectivity index (χ0v) is 11.8. The minimum atomic E-state index is -0.327. The van der Waals surface area contributed by atoms with Crippen LogP contribution < -0.4 is 0 Å². The Bertz CT molecular complexity index is 607. The van der Waals surface area contributed by atoms with E-state index >= 15 is 0 Å². The molecule has 19 heavy (non-hydrogen) atoms. The molecule has 0 aliphatic heterocycles. The Kier molecular flexibility index (Phi) is 4.38. The van der Waals surface area contributed by atoms with E-state index in [-0.39, 0.29) is 11.6 Å². The number of ketones is 1. The van der Waals surface area contributed by atoms with Gasteiger partial charge in [0.15, 0.2) is 5.78 Å². The second-order valence-corrected chi connectivity index (χ2v) is 5.54. The second kappa shape index (κ2) is 6.02. The van der Waals surface area contributed by atoms with Crippen molar-refractivity contribution in [2.45, 2.75) is 18.7 Å². The number of benzene rings is 2. The maximum atomic E-state index is 13.4. The van der Waals surface area contributed by atoms with Gasteiger partial charge in [-0.3, -0.25) is 4.79 Å². The highest BCUT2D eigenvalue weighted by Gasteiger charge is 2.09. The molecule has 0 bridgehead atoms. The zero-order valence-electron chi connectivity index (χ0n) is 10.9. The molecule has 0 fully saturated rings. The molecule has 0 aliphatic rings. The molecule has 3 heteroatoms. The van der Waals surface area contributed by atoms with Crippen LogP contribution in [0.2, 0.25) is 0 Å². The molecule has 0 unspecified atom stereocenters. The Labute approximate surface area is 116 Å². The van der Waals surface area contributed by atoms with Crippen LogP contribution in [-0.4, -0.2) is 11.5 Å². The van der Waals surface area contributed by atoms with E-state index in [9.17, 15) is 9.18 Å². The molecule has 0 saturated carbocycles. The van der Waals surface area contributed by atoms with Crippen molar-refractivity contribution in [1.29, 1.82) is 0 Å². The summed E-state index contributed by atoms with van der Waals surface area (Å²) in [5.41, 5.74) is 2.16. The smallest absolute Gasteiger partial charge is 0.173 e. The van der Waals surface area contributed by atoms with Gasteiger partial charge in [0.05, 0.1) is 5.75 Å². The zero-order chi connectivity index (χ0) is 13.8. The maximum absolute atomic E-state index is 13.4. The predicted molar refractivity (Wildman–Crippen MR) is 77.4 cm³/mol. The summed E-state index contributed by atoms with van der Waals surface area (Å²) in [6, 6.07) is 12.6. The number of thioether (sulfide) groups is 1. The summed E-state index contributed by atoms with van der Waals surface area (Å²) >= 11 is 1.48. The van der Waals surface area contributed by atoms with Crippen molar-refractivity contribution in [3.63, 3.8) is 0 Å². The molecule has 0 aliphatic carbocycles. The third-order valence-corrected chi connectivity index (χ3v) is 3.85. The van der Waals surface area contributed by atoms with Crippen molar-refractivity contribution in [2.75, 3.05) is 5.75 Å². The van der Waals surface area contributed by atoms with Crippen LogP contribution in [0.3, 0.4) is 0 Å². The molecule has 0 heterocycles. The first kappa shape index (κ1) is 13.8. The number of hydrogen-bond donors (Lipinski definition) is 0. The third kappa shape index (κ3) is 3.67. The Balaban J connectivity index is 2.03. The highest BCUT2D eigenvalue weighted by atomic mass is 32.2. The van der Waals surface area contributed by atoms with Crippen LogP contribution in [0.25, 0.3) is 0 Å². The molecule has 0 spiro atoms. The van der Waals surface area contributed by atoms with Crippen molar-refractivity contribution >= 4 is 17.5 Å². The predicted octanol–water partition coefficient (Wildman–Crippen LogP) is 4.42. The number of halogens is 1. The molecule has 0 atom stereocenters. The van der Waals surface area contributed by atoms with Crippen molar-refractivity contribution in [3.8, 4) is 0 Å². The molecule has 0 saturated heterocycles. The Morgan fingerprint density at radius 3 is 2.63 bits per heavy atom. The average Bonchev–Trinajstić information content (AvgIpc) is 2.39. The van der Waals surface area contributed by atoms with Crippen molar-refractivity contribution < 1.29 is 9.18 Å². The van der Waals surface area contributed by atoms with Crippen molar-refractivity contribution in [1.82, 2.24) is 0 Å². The lowest BCUT2D eigenvalue weighted by Crippen LogP contribution is -2.03. The van der Waals surface area contributed by atoms with Crippen LogP contribution in [0.4, 0.5) is 4.39 Å². The van der Waals surface area contributed by atoms with Gasteiger partial charge in [0.25, 0.3) is 0 Å². The van der Waals surface area contributed by atoms with Gasteiger partial charge in [-0.25, -0.2) is 4.39 Å². The molecule has 2 aromatic rings. The molecule has 98 valence electrons. The van der Waals surface area contributed by atoms with Gasteiger partial charge < -0.3 is 0 Å². The SMILES string of the molecule is Cc1cccc(SCC(=O)c2ccc(C)c(F)c2)c1. The monoisotopic (exact) mass is 274 g/mol. The Hall–Kier alpha value is -1.61. The number of Topliss-reactive ketones (excluding diaryl/α,β-unsaturated/α-hetero) is 1. The topological polar surface area (TPSA) is 17.1 Å². The molecular weight excluding hydrogens is 259 g/mol. The van der Waals surface area contributed by atoms with E-state index in [2.05, 4.69) is 0 Å². The fraction of sp³-hybridized carbons (Fsp3) is 0.188. The standard InChI is InChI=1S/C16H15FOS/c1-11-4-3-5-14(8-11)19-10-16(18)13-7-6-12(2)15(17)9-13/h3-9H,10H2,1-2H3. The number of aryl methyl sites for hydroxylation is 2. The first-order valence-corrected chi connectivity index (χ1v) is 7.03. The normalized spacial score (nSPS) is 10.5. The molecule has 2 rings (SSSR count). The number of carbonyl (C=O) groups excluding carboxylic acids is 1. The summed E-state index contributed by atoms with van der Waals surface area (Å²) in [6.07, 6.45) is 0. The summed E-state index contributed by atoms with van der Waals surface area (Å²) in [7, 11) is 0. The highest BCUT2D eigenvalue weighted by Crippen LogP contribution is 2.20. The average molecular weight is 274 g/mol. The molecule has 2 aromatic carbocycles. The van der Waals surface area contributed by atoms with Gasteiger partial charge in [-0.1, -0.05) is 29.8 Å². The van der Waals surface area contributed by atoms with E-state index in [1.165, 1.54) is 23.4 Å². The van der Waals surface area contributed by atoms with Crippen LogP contribution in [-0.2, 0) is 0 Å². The highest BCUT2D eigenvalue weighted by molar-refractivity contribution is 8.00. The third-order valence-electron chi connectivity index (χ3n) is 2.85. The molecule has 1 nitrogen and oxygen atoms in total. The Morgan fingerprint density at radius 1 is 1.16 bits per heavy atom. The lowest BCUT2D eigenvalue weighted by Gasteiger charge is -2.04. The van der Waals surface area contributed by atoms with E-state index in [1.54, 1.807) is 19.1 Å². The quantitative estimate of drug-likeness (QED) is 0.606. The molecule has 0 radical (unpaired) electrons. The van der Waals surface area contributed by atoms with Gasteiger partial charge in [-0.05, 0) is 37.6 Å². The van der Waals surface area contributed by atoms with Crippen molar-refractivity contribution in [2.24, 2.45) is 0 Å². The molecule has 0 aromatic heterocycles. The lowest BCUT2D eigenvalue weighted by molar-refractivity contribution is 0.102. The maximum Gasteiger partial charge on any atom is 0.173 e. The van der Waals surface area contributed by atoms with E-state index in [4.69, 9.17) is 0 Å². The Morgan fingerprint density at radius 2 is 1.95 bits per heavy atom. The number of carbonyl (C=O) groups is 1.